The van der Waals surface area contributed by atoms with Crippen molar-refractivity contribution in [2.45, 2.75) is 0 Å². The highest BCUT2D eigenvalue weighted by atomic mass is 35.5. The van der Waals surface area contributed by atoms with Gasteiger partial charge in [-0.3, -0.25) is 0 Å². The van der Waals surface area contributed by atoms with Gasteiger partial charge < -0.3 is 0 Å². The molecule has 0 atom stereocenters. The van der Waals surface area contributed by atoms with Gasteiger partial charge in [0, 0.05) is 32.7 Å². The quantitative estimate of drug-likeness (QED) is 0.259. The van der Waals surface area contributed by atoms with Gasteiger partial charge in [-0.05, 0) is 18.2 Å². The number of thiophene rings is 1. The summed E-state index contributed by atoms with van der Waals surface area (Å²) in [5.41, 5.74) is 4.59. The minimum absolute atomic E-state index is 0.817. The normalized spacial score (nSPS) is 13.3. The second-order valence-electron chi connectivity index (χ2n) is 6.92. The van der Waals surface area contributed by atoms with E-state index in [2.05, 4.69) is 60.7 Å². The zero-order valence-electron chi connectivity index (χ0n) is 15.1. The molecule has 2 aromatic heterocycles. The van der Waals surface area contributed by atoms with E-state index in [0.717, 1.165) is 25.8 Å². The molecule has 2 heterocycles. The van der Waals surface area contributed by atoms with Gasteiger partial charge in [0.05, 0.1) is 37.7 Å². The van der Waals surface area contributed by atoms with Crippen LogP contribution in [-0.4, -0.2) is 4.98 Å². The van der Waals surface area contributed by atoms with Crippen molar-refractivity contribution in [2.24, 2.45) is 0 Å². The minimum atomic E-state index is 0.817. The predicted molar refractivity (Wildman–Crippen MR) is 128 cm³/mol. The first-order chi connectivity index (χ1) is 14.3. The number of aromatic nitrogens is 1. The van der Waals surface area contributed by atoms with Gasteiger partial charge in [0.1, 0.15) is 17.2 Å². The lowest BCUT2D eigenvalue weighted by Crippen LogP contribution is -1.83. The van der Waals surface area contributed by atoms with Crippen molar-refractivity contribution in [1.82, 2.24) is 4.98 Å². The molecule has 0 unspecified atom stereocenters. The summed E-state index contributed by atoms with van der Waals surface area (Å²) in [6.07, 6.45) is 11.1. The Balaban J connectivity index is 1.44. The van der Waals surface area contributed by atoms with Crippen molar-refractivity contribution in [3.63, 3.8) is 0 Å². The van der Waals surface area contributed by atoms with Crippen LogP contribution >= 0.6 is 34.3 Å². The van der Waals surface area contributed by atoms with Gasteiger partial charge in [0.2, 0.25) is 0 Å². The lowest BCUT2D eigenvalue weighted by molar-refractivity contribution is 1.48. The number of rotatable bonds is 2. The number of hydrogen-bond donors (Lipinski definition) is 0. The van der Waals surface area contributed by atoms with E-state index < -0.39 is 0 Å². The second-order valence-corrected chi connectivity index (χ2v) is 9.41. The summed E-state index contributed by atoms with van der Waals surface area (Å²) in [6, 6.07) is 19.2. The van der Waals surface area contributed by atoms with Crippen LogP contribution in [0.2, 0.25) is 5.02 Å². The smallest absolute Gasteiger partial charge is 0.124 e. The van der Waals surface area contributed by atoms with Crippen molar-refractivity contribution in [2.75, 3.05) is 0 Å². The molecule has 0 saturated heterocycles. The first kappa shape index (κ1) is 17.1. The van der Waals surface area contributed by atoms with Crippen molar-refractivity contribution >= 4 is 70.2 Å². The van der Waals surface area contributed by atoms with Gasteiger partial charge in [-0.2, -0.15) is 0 Å². The summed E-state index contributed by atoms with van der Waals surface area (Å²) in [6.45, 7) is 0. The van der Waals surface area contributed by atoms with Crippen LogP contribution in [0, 0.1) is 6.08 Å². The van der Waals surface area contributed by atoms with Crippen LogP contribution in [0.25, 0.3) is 46.5 Å². The van der Waals surface area contributed by atoms with Crippen LogP contribution in [-0.2, 0) is 0 Å². The third kappa shape index (κ3) is 2.83. The van der Waals surface area contributed by atoms with E-state index in [1.165, 1.54) is 31.3 Å². The van der Waals surface area contributed by atoms with E-state index in [1.807, 2.05) is 24.3 Å². The molecule has 1 nitrogen and oxygen atoms in total. The van der Waals surface area contributed by atoms with Crippen LogP contribution < -0.4 is 0 Å². The molecule has 3 aromatic carbocycles. The number of hydrogen-bond acceptors (Lipinski definition) is 3. The number of thiazole rings is 1. The fourth-order valence-electron chi connectivity index (χ4n) is 3.69. The lowest BCUT2D eigenvalue weighted by Gasteiger charge is -2.00. The Morgan fingerprint density at radius 3 is 2.55 bits per heavy atom. The molecule has 0 aliphatic heterocycles. The summed E-state index contributed by atoms with van der Waals surface area (Å²) >= 11 is 9.88. The van der Waals surface area contributed by atoms with E-state index in [0.29, 0.717) is 0 Å². The molecular formula is C25H13ClNS2+. The molecule has 4 heteroatoms. The van der Waals surface area contributed by atoms with E-state index in [-0.39, 0.29) is 0 Å². The van der Waals surface area contributed by atoms with Gasteiger partial charge in [0.25, 0.3) is 0 Å². The van der Waals surface area contributed by atoms with Gasteiger partial charge >= 0.3 is 0 Å². The summed E-state index contributed by atoms with van der Waals surface area (Å²) in [5, 5.41) is 4.30. The minimum Gasteiger partial charge on any atom is -0.236 e. The molecule has 0 amide bonds. The SMILES string of the molecule is Clc1cccc2c1sc1cc3sc(-c4ccc(C5=CC=[C+]C=C5)cc4)nc3cc12. The highest BCUT2D eigenvalue weighted by Crippen LogP contribution is 2.41. The zero-order chi connectivity index (χ0) is 19.4. The first-order valence-corrected chi connectivity index (χ1v) is 11.3. The number of nitrogens with zero attached hydrogens (tertiary/aromatic N) is 1. The summed E-state index contributed by atoms with van der Waals surface area (Å²) in [7, 11) is 0. The molecule has 1 aliphatic rings. The molecule has 0 radical (unpaired) electrons. The monoisotopic (exact) mass is 426 g/mol. The number of benzene rings is 3. The standard InChI is InChI=1S/C25H13ClNS2/c26-20-8-4-7-18-19-13-21-23(14-22(19)28-24(18)20)29-25(27-21)17-11-9-16(10-12-17)15-5-2-1-3-6-15/h2-14H/q+1. The van der Waals surface area contributed by atoms with Crippen molar-refractivity contribution < 1.29 is 0 Å². The topological polar surface area (TPSA) is 12.9 Å². The second kappa shape index (κ2) is 6.62. The molecule has 0 bridgehead atoms. The van der Waals surface area contributed by atoms with E-state index in [9.17, 15) is 0 Å². The Morgan fingerprint density at radius 1 is 0.862 bits per heavy atom. The van der Waals surface area contributed by atoms with Gasteiger partial charge in [-0.1, -0.05) is 48.0 Å². The summed E-state index contributed by atoms with van der Waals surface area (Å²) in [5.74, 6) is 0. The highest BCUT2D eigenvalue weighted by Gasteiger charge is 2.13. The number of halogens is 1. The predicted octanol–water partition coefficient (Wildman–Crippen LogP) is 8.30. The third-order valence-corrected chi connectivity index (χ3v) is 7.84. The van der Waals surface area contributed by atoms with E-state index in [1.54, 1.807) is 22.7 Å². The molecule has 0 spiro atoms. The molecule has 29 heavy (non-hydrogen) atoms. The van der Waals surface area contributed by atoms with Crippen LogP contribution in [0.3, 0.4) is 0 Å². The zero-order valence-corrected chi connectivity index (χ0v) is 17.5. The maximum Gasteiger partial charge on any atom is 0.124 e. The molecule has 0 fully saturated rings. The summed E-state index contributed by atoms with van der Waals surface area (Å²) in [4.78, 5) is 4.93. The number of allylic oxidation sites excluding steroid dienone is 6. The van der Waals surface area contributed by atoms with Crippen molar-refractivity contribution in [3.8, 4) is 10.6 Å². The molecule has 0 N–H and O–H groups in total. The Bertz CT molecular complexity index is 1500. The van der Waals surface area contributed by atoms with E-state index >= 15 is 0 Å². The maximum absolute atomic E-state index is 6.39. The average Bonchev–Trinajstić information content (AvgIpc) is 3.34. The molecule has 136 valence electrons. The molecule has 1 aliphatic carbocycles. The Hall–Kier alpha value is -2.81. The highest BCUT2D eigenvalue weighted by molar-refractivity contribution is 7.27. The molecule has 0 saturated carbocycles. The first-order valence-electron chi connectivity index (χ1n) is 9.24. The lowest BCUT2D eigenvalue weighted by atomic mass is 10.0. The number of fused-ring (bicyclic) bond motifs is 4. The molecular weight excluding hydrogens is 414 g/mol. The fourth-order valence-corrected chi connectivity index (χ4v) is 6.18. The third-order valence-electron chi connectivity index (χ3n) is 5.14. The van der Waals surface area contributed by atoms with Crippen LogP contribution in [0.15, 0.2) is 78.9 Å². The maximum atomic E-state index is 6.39. The largest absolute Gasteiger partial charge is 0.236 e. The Kier molecular flexibility index (Phi) is 3.90. The molecule has 5 aromatic rings. The van der Waals surface area contributed by atoms with Gasteiger partial charge in [-0.25, -0.2) is 4.98 Å². The summed E-state index contributed by atoms with van der Waals surface area (Å²) < 4.78 is 3.61. The van der Waals surface area contributed by atoms with Crippen molar-refractivity contribution in [1.29, 1.82) is 0 Å². The average molecular weight is 427 g/mol. The fraction of sp³-hybridized carbons (Fsp3) is 0. The van der Waals surface area contributed by atoms with Crippen LogP contribution in [0.5, 0.6) is 0 Å². The van der Waals surface area contributed by atoms with Crippen molar-refractivity contribution in [3.05, 3.63) is 95.6 Å². The van der Waals surface area contributed by atoms with Crippen LogP contribution in [0.1, 0.15) is 5.56 Å². The van der Waals surface area contributed by atoms with Gasteiger partial charge in [-0.15, -0.1) is 22.7 Å². The molecule has 6 rings (SSSR count). The van der Waals surface area contributed by atoms with Gasteiger partial charge in [0.15, 0.2) is 0 Å². The Labute approximate surface area is 180 Å². The van der Waals surface area contributed by atoms with E-state index in [4.69, 9.17) is 16.6 Å². The Morgan fingerprint density at radius 2 is 1.72 bits per heavy atom. The van der Waals surface area contributed by atoms with Crippen LogP contribution in [0.4, 0.5) is 0 Å².